The van der Waals surface area contributed by atoms with E-state index in [4.69, 9.17) is 0 Å². The number of nitrogens with one attached hydrogen (secondary N) is 1. The van der Waals surface area contributed by atoms with Gasteiger partial charge in [0, 0.05) is 29.1 Å². The van der Waals surface area contributed by atoms with Crippen molar-refractivity contribution in [1.82, 2.24) is 14.6 Å². The molecule has 6 heteroatoms. The largest absolute Gasteiger partial charge is 0.349 e. The van der Waals surface area contributed by atoms with Crippen LogP contribution in [0, 0.1) is 0 Å². The molecule has 0 radical (unpaired) electrons. The Kier molecular flexibility index (Phi) is 3.24. The van der Waals surface area contributed by atoms with E-state index in [1.54, 1.807) is 11.5 Å². The lowest BCUT2D eigenvalue weighted by Gasteiger charge is -2.32. The van der Waals surface area contributed by atoms with E-state index in [-0.39, 0.29) is 0 Å². The third-order valence-corrected chi connectivity index (χ3v) is 5.20. The highest BCUT2D eigenvalue weighted by Gasteiger charge is 2.30. The molecule has 0 bridgehead atoms. The molecule has 0 aromatic carbocycles. The number of fused-ring (bicyclic) bond motifs is 1. The molecule has 2 aliphatic heterocycles. The zero-order chi connectivity index (χ0) is 11.7. The Hall–Kier alpha value is -0.750. The molecule has 0 amide bonds. The fourth-order valence-corrected chi connectivity index (χ4v) is 3.84. The molecule has 2 unspecified atom stereocenters. The van der Waals surface area contributed by atoms with Crippen molar-refractivity contribution in [3.8, 4) is 0 Å². The first-order chi connectivity index (χ1) is 8.34. The summed E-state index contributed by atoms with van der Waals surface area (Å²) in [6.07, 6.45) is 1.86. The summed E-state index contributed by atoms with van der Waals surface area (Å²) < 4.78 is 4.14. The van der Waals surface area contributed by atoms with E-state index in [2.05, 4.69) is 32.6 Å². The average Bonchev–Trinajstić information content (AvgIpc) is 2.98. The van der Waals surface area contributed by atoms with Crippen molar-refractivity contribution in [3.05, 3.63) is 17.1 Å². The van der Waals surface area contributed by atoms with E-state index in [0.717, 1.165) is 19.0 Å². The van der Waals surface area contributed by atoms with E-state index in [9.17, 15) is 0 Å². The molecule has 0 spiro atoms. The highest BCUT2D eigenvalue weighted by Crippen LogP contribution is 2.23. The van der Waals surface area contributed by atoms with Gasteiger partial charge in [-0.1, -0.05) is 0 Å². The standard InChI is InChI=1S/C11H16N4S2/c1-8(10-2-3-13-17-10)14-11-12-6-9-7-16-5-4-15(9)11/h2-3,8-9H,4-7H2,1H3,(H,12,14). The zero-order valence-electron chi connectivity index (χ0n) is 9.80. The molecule has 1 aromatic rings. The van der Waals surface area contributed by atoms with Crippen molar-refractivity contribution in [2.75, 3.05) is 24.6 Å². The van der Waals surface area contributed by atoms with Gasteiger partial charge in [-0.2, -0.15) is 11.8 Å². The molecule has 17 heavy (non-hydrogen) atoms. The maximum Gasteiger partial charge on any atom is 0.194 e. The lowest BCUT2D eigenvalue weighted by atomic mass is 10.3. The maximum absolute atomic E-state index is 4.63. The average molecular weight is 268 g/mol. The Morgan fingerprint density at radius 2 is 2.53 bits per heavy atom. The van der Waals surface area contributed by atoms with Crippen LogP contribution in [0.2, 0.25) is 0 Å². The van der Waals surface area contributed by atoms with Gasteiger partial charge in [0.15, 0.2) is 5.96 Å². The zero-order valence-corrected chi connectivity index (χ0v) is 11.4. The predicted molar refractivity (Wildman–Crippen MR) is 73.8 cm³/mol. The molecule has 1 aromatic heterocycles. The molecule has 1 N–H and O–H groups in total. The molecule has 0 aliphatic carbocycles. The summed E-state index contributed by atoms with van der Waals surface area (Å²) in [4.78, 5) is 8.32. The van der Waals surface area contributed by atoms with Gasteiger partial charge in [-0.15, -0.1) is 0 Å². The van der Waals surface area contributed by atoms with Gasteiger partial charge in [-0.3, -0.25) is 4.99 Å². The van der Waals surface area contributed by atoms with Gasteiger partial charge in [-0.25, -0.2) is 4.37 Å². The number of guanidine groups is 1. The summed E-state index contributed by atoms with van der Waals surface area (Å²) >= 11 is 3.59. The summed E-state index contributed by atoms with van der Waals surface area (Å²) in [6, 6.07) is 2.99. The van der Waals surface area contributed by atoms with Crippen LogP contribution < -0.4 is 5.32 Å². The highest BCUT2D eigenvalue weighted by atomic mass is 32.2. The van der Waals surface area contributed by atoms with Crippen LogP contribution in [0.5, 0.6) is 0 Å². The van der Waals surface area contributed by atoms with E-state index >= 15 is 0 Å². The van der Waals surface area contributed by atoms with Crippen molar-refractivity contribution in [2.24, 2.45) is 4.99 Å². The molecule has 92 valence electrons. The number of hydrogen-bond acceptors (Lipinski definition) is 6. The van der Waals surface area contributed by atoms with Crippen molar-refractivity contribution in [1.29, 1.82) is 0 Å². The number of aliphatic imine (C=N–C) groups is 1. The molecule has 2 aliphatic rings. The fraction of sp³-hybridized carbons (Fsp3) is 0.636. The van der Waals surface area contributed by atoms with Crippen molar-refractivity contribution >= 4 is 29.3 Å². The van der Waals surface area contributed by atoms with Crippen molar-refractivity contribution < 1.29 is 0 Å². The topological polar surface area (TPSA) is 40.5 Å². The van der Waals surface area contributed by atoms with Gasteiger partial charge in [0.25, 0.3) is 0 Å². The Morgan fingerprint density at radius 3 is 3.35 bits per heavy atom. The van der Waals surface area contributed by atoms with Crippen molar-refractivity contribution in [2.45, 2.75) is 19.0 Å². The van der Waals surface area contributed by atoms with Crippen LogP contribution in [0.4, 0.5) is 0 Å². The van der Waals surface area contributed by atoms with E-state index in [1.165, 1.54) is 16.4 Å². The first-order valence-electron chi connectivity index (χ1n) is 5.90. The Balaban J connectivity index is 1.65. The predicted octanol–water partition coefficient (Wildman–Crippen LogP) is 1.58. The van der Waals surface area contributed by atoms with Gasteiger partial charge in [0.1, 0.15) is 0 Å². The molecular formula is C11H16N4S2. The van der Waals surface area contributed by atoms with Gasteiger partial charge >= 0.3 is 0 Å². The van der Waals surface area contributed by atoms with Crippen LogP contribution in [0.25, 0.3) is 0 Å². The SMILES string of the molecule is CC(NC1=NCC2CSCCN12)c1ccns1. The number of aromatic nitrogens is 1. The van der Waals surface area contributed by atoms with Gasteiger partial charge in [0.05, 0.1) is 18.6 Å². The maximum atomic E-state index is 4.63. The lowest BCUT2D eigenvalue weighted by Crippen LogP contribution is -2.48. The molecule has 3 heterocycles. The number of hydrogen-bond donors (Lipinski definition) is 1. The molecule has 2 atom stereocenters. The Morgan fingerprint density at radius 1 is 1.59 bits per heavy atom. The summed E-state index contributed by atoms with van der Waals surface area (Å²) in [5.41, 5.74) is 0. The normalized spacial score (nSPS) is 25.4. The minimum atomic E-state index is 0.301. The lowest BCUT2D eigenvalue weighted by molar-refractivity contribution is 0.366. The van der Waals surface area contributed by atoms with Crippen LogP contribution in [0.3, 0.4) is 0 Å². The molecular weight excluding hydrogens is 252 g/mol. The molecule has 4 nitrogen and oxygen atoms in total. The van der Waals surface area contributed by atoms with Crippen LogP contribution in [0.1, 0.15) is 17.8 Å². The van der Waals surface area contributed by atoms with Crippen LogP contribution >= 0.6 is 23.3 Å². The molecule has 1 fully saturated rings. The van der Waals surface area contributed by atoms with Gasteiger partial charge in [-0.05, 0) is 24.5 Å². The summed E-state index contributed by atoms with van der Waals surface area (Å²) in [6.45, 7) is 4.24. The van der Waals surface area contributed by atoms with E-state index in [1.807, 2.05) is 18.0 Å². The monoisotopic (exact) mass is 268 g/mol. The van der Waals surface area contributed by atoms with Crippen molar-refractivity contribution in [3.63, 3.8) is 0 Å². The Labute approximate surface area is 110 Å². The summed E-state index contributed by atoms with van der Waals surface area (Å²) in [5.74, 6) is 3.51. The van der Waals surface area contributed by atoms with E-state index in [0.29, 0.717) is 12.1 Å². The second-order valence-electron chi connectivity index (χ2n) is 4.37. The van der Waals surface area contributed by atoms with Crippen LogP contribution in [-0.4, -0.2) is 45.9 Å². The summed E-state index contributed by atoms with van der Waals surface area (Å²) in [7, 11) is 0. The number of thioether (sulfide) groups is 1. The second kappa shape index (κ2) is 4.86. The minimum absolute atomic E-state index is 0.301. The quantitative estimate of drug-likeness (QED) is 0.884. The molecule has 1 saturated heterocycles. The smallest absolute Gasteiger partial charge is 0.194 e. The Bertz CT molecular complexity index is 404. The van der Waals surface area contributed by atoms with Crippen LogP contribution in [0.15, 0.2) is 17.3 Å². The number of rotatable bonds is 2. The third kappa shape index (κ3) is 2.28. The van der Waals surface area contributed by atoms with Gasteiger partial charge in [0.2, 0.25) is 0 Å². The second-order valence-corrected chi connectivity index (χ2v) is 6.38. The number of nitrogens with zero attached hydrogens (tertiary/aromatic N) is 3. The first-order valence-corrected chi connectivity index (χ1v) is 7.83. The highest BCUT2D eigenvalue weighted by molar-refractivity contribution is 7.99. The minimum Gasteiger partial charge on any atom is -0.349 e. The van der Waals surface area contributed by atoms with Crippen LogP contribution in [-0.2, 0) is 0 Å². The summed E-state index contributed by atoms with van der Waals surface area (Å²) in [5, 5.41) is 3.52. The fourth-order valence-electron chi connectivity index (χ4n) is 2.21. The van der Waals surface area contributed by atoms with Gasteiger partial charge < -0.3 is 10.2 Å². The molecule has 3 rings (SSSR count). The molecule has 0 saturated carbocycles. The van der Waals surface area contributed by atoms with E-state index < -0.39 is 0 Å². The first kappa shape index (κ1) is 11.3. The third-order valence-electron chi connectivity index (χ3n) is 3.18.